The first-order valence-corrected chi connectivity index (χ1v) is 11.6. The van der Waals surface area contributed by atoms with Crippen LogP contribution in [0.2, 0.25) is 0 Å². The van der Waals surface area contributed by atoms with Crippen molar-refractivity contribution in [3.63, 3.8) is 0 Å². The highest BCUT2D eigenvalue weighted by Gasteiger charge is 2.22. The number of rotatable bonds is 9. The Bertz CT molecular complexity index is 1290. The van der Waals surface area contributed by atoms with Crippen LogP contribution in [-0.4, -0.2) is 24.9 Å². The molecule has 0 spiro atoms. The molecule has 4 heterocycles. The Hall–Kier alpha value is -4.12. The van der Waals surface area contributed by atoms with Gasteiger partial charge in [0.2, 0.25) is 0 Å². The summed E-state index contributed by atoms with van der Waals surface area (Å²) in [6, 6.07) is 21.1. The van der Waals surface area contributed by atoms with E-state index in [0.29, 0.717) is 0 Å². The highest BCUT2D eigenvalue weighted by atomic mass is 14.9. The molecule has 0 aliphatic heterocycles. The molecule has 0 saturated carbocycles. The molecule has 168 valence electrons. The summed E-state index contributed by atoms with van der Waals surface area (Å²) in [5.41, 5.74) is 8.58. The summed E-state index contributed by atoms with van der Waals surface area (Å²) in [4.78, 5) is 21.1. The van der Waals surface area contributed by atoms with Gasteiger partial charge >= 0.3 is 0 Å². The molecule has 0 bridgehead atoms. The number of H-pyrrole nitrogens is 1. The monoisotopic (exact) mass is 445 g/mol. The Balaban J connectivity index is 1.58. The maximum absolute atomic E-state index is 4.99. The van der Waals surface area contributed by atoms with Crippen molar-refractivity contribution in [2.24, 2.45) is 0 Å². The fraction of sp³-hybridized carbons (Fsp3) is 0.172. The number of benzene rings is 1. The quantitative estimate of drug-likeness (QED) is 0.332. The molecule has 1 unspecified atom stereocenters. The van der Waals surface area contributed by atoms with E-state index in [9.17, 15) is 0 Å². The summed E-state index contributed by atoms with van der Waals surface area (Å²) in [5, 5.41) is 0. The smallest absolute Gasteiger partial charge is 0.0921 e. The summed E-state index contributed by atoms with van der Waals surface area (Å²) in [6.45, 7) is 0. The fourth-order valence-electron chi connectivity index (χ4n) is 4.53. The van der Waals surface area contributed by atoms with Gasteiger partial charge in [-0.05, 0) is 71.3 Å². The normalized spacial score (nSPS) is 11.9. The van der Waals surface area contributed by atoms with E-state index in [2.05, 4.69) is 74.5 Å². The molecule has 1 aromatic carbocycles. The molecule has 0 radical (unpaired) electrons. The second-order valence-electron chi connectivity index (χ2n) is 8.57. The Morgan fingerprint density at radius 1 is 0.647 bits per heavy atom. The predicted octanol–water partition coefficient (Wildman–Crippen LogP) is 5.35. The number of aromatic amines is 1. The molecular weight excluding hydrogens is 418 g/mol. The maximum Gasteiger partial charge on any atom is 0.0921 e. The van der Waals surface area contributed by atoms with Crippen molar-refractivity contribution >= 4 is 0 Å². The minimum atomic E-state index is 0.215. The summed E-state index contributed by atoms with van der Waals surface area (Å²) in [5.74, 6) is 0.215. The Kier molecular flexibility index (Phi) is 6.81. The van der Waals surface area contributed by atoms with Crippen LogP contribution in [0.15, 0.2) is 104 Å². The second-order valence-corrected chi connectivity index (χ2v) is 8.57. The fourth-order valence-corrected chi connectivity index (χ4v) is 4.53. The molecule has 4 aromatic heterocycles. The molecule has 1 atom stereocenters. The first kappa shape index (κ1) is 21.7. The minimum absolute atomic E-state index is 0.215. The average molecular weight is 446 g/mol. The lowest BCUT2D eigenvalue weighted by Gasteiger charge is -2.22. The van der Waals surface area contributed by atoms with Crippen molar-refractivity contribution in [3.05, 3.63) is 143 Å². The first-order chi connectivity index (χ1) is 16.8. The number of aromatic nitrogens is 5. The highest BCUT2D eigenvalue weighted by Crippen LogP contribution is 2.30. The number of hydrogen-bond acceptors (Lipinski definition) is 4. The van der Waals surface area contributed by atoms with Gasteiger partial charge in [-0.2, -0.15) is 0 Å². The highest BCUT2D eigenvalue weighted by molar-refractivity contribution is 5.40. The number of nitrogens with zero attached hydrogens (tertiary/aromatic N) is 4. The van der Waals surface area contributed by atoms with E-state index in [1.165, 1.54) is 27.8 Å². The third-order valence-electron chi connectivity index (χ3n) is 6.17. The van der Waals surface area contributed by atoms with Crippen molar-refractivity contribution in [2.75, 3.05) is 0 Å². The van der Waals surface area contributed by atoms with Gasteiger partial charge in [0, 0.05) is 60.9 Å². The van der Waals surface area contributed by atoms with Crippen molar-refractivity contribution in [1.29, 1.82) is 0 Å². The van der Waals surface area contributed by atoms with Gasteiger partial charge in [-0.25, -0.2) is 4.98 Å². The lowest BCUT2D eigenvalue weighted by Crippen LogP contribution is -2.14. The van der Waals surface area contributed by atoms with E-state index in [0.717, 1.165) is 37.1 Å². The molecule has 5 rings (SSSR count). The maximum atomic E-state index is 4.99. The SMILES string of the molecule is c1ccc(CC(Cc2cnc[nH]2)c2nccc(Cc3ccncc3)c2Cc2cccnc2)cc1. The third kappa shape index (κ3) is 5.44. The minimum Gasteiger partial charge on any atom is -0.348 e. The van der Waals surface area contributed by atoms with Crippen LogP contribution in [0.3, 0.4) is 0 Å². The van der Waals surface area contributed by atoms with E-state index in [1.807, 2.05) is 43.2 Å². The molecule has 0 aliphatic rings. The molecule has 0 saturated heterocycles. The van der Waals surface area contributed by atoms with E-state index in [4.69, 9.17) is 4.98 Å². The molecule has 0 amide bonds. The standard InChI is InChI=1S/C29H27N5/c1-2-5-22(6-3-1)16-26(18-27-20-32-21-34-27)29-28(17-24-7-4-11-31-19-24)25(10-14-33-29)15-23-8-12-30-13-9-23/h1-14,19-21,26H,15-18H2,(H,32,34). The number of hydrogen-bond donors (Lipinski definition) is 1. The van der Waals surface area contributed by atoms with Crippen LogP contribution < -0.4 is 0 Å². The van der Waals surface area contributed by atoms with Gasteiger partial charge in [0.25, 0.3) is 0 Å². The zero-order chi connectivity index (χ0) is 23.0. The summed E-state index contributed by atoms with van der Waals surface area (Å²) in [6.07, 6.45) is 16.5. The van der Waals surface area contributed by atoms with Crippen LogP contribution in [0.4, 0.5) is 0 Å². The van der Waals surface area contributed by atoms with E-state index in [-0.39, 0.29) is 5.92 Å². The lowest BCUT2D eigenvalue weighted by molar-refractivity contribution is 0.641. The first-order valence-electron chi connectivity index (χ1n) is 11.6. The van der Waals surface area contributed by atoms with Crippen LogP contribution in [0.1, 0.15) is 45.1 Å². The van der Waals surface area contributed by atoms with Crippen molar-refractivity contribution in [2.45, 2.75) is 31.6 Å². The van der Waals surface area contributed by atoms with Gasteiger partial charge in [0.15, 0.2) is 0 Å². The van der Waals surface area contributed by atoms with Crippen LogP contribution in [0.25, 0.3) is 0 Å². The molecule has 0 fully saturated rings. The molecule has 34 heavy (non-hydrogen) atoms. The van der Waals surface area contributed by atoms with Crippen LogP contribution in [0, 0.1) is 0 Å². The van der Waals surface area contributed by atoms with E-state index < -0.39 is 0 Å². The van der Waals surface area contributed by atoms with E-state index in [1.54, 1.807) is 6.33 Å². The van der Waals surface area contributed by atoms with Gasteiger partial charge in [0.05, 0.1) is 6.33 Å². The molecule has 5 aromatic rings. The topological polar surface area (TPSA) is 67.3 Å². The molecule has 5 heteroatoms. The van der Waals surface area contributed by atoms with Crippen molar-refractivity contribution in [3.8, 4) is 0 Å². The second kappa shape index (κ2) is 10.7. The predicted molar refractivity (Wildman–Crippen MR) is 134 cm³/mol. The molecule has 0 aliphatic carbocycles. The van der Waals surface area contributed by atoms with Crippen molar-refractivity contribution in [1.82, 2.24) is 24.9 Å². The lowest BCUT2D eigenvalue weighted by atomic mass is 9.85. The summed E-state index contributed by atoms with van der Waals surface area (Å²) >= 11 is 0. The number of imidazole rings is 1. The summed E-state index contributed by atoms with van der Waals surface area (Å²) < 4.78 is 0. The number of nitrogens with one attached hydrogen (secondary N) is 1. The molecule has 5 nitrogen and oxygen atoms in total. The van der Waals surface area contributed by atoms with Crippen LogP contribution in [-0.2, 0) is 25.7 Å². The Morgan fingerprint density at radius 2 is 1.50 bits per heavy atom. The van der Waals surface area contributed by atoms with Crippen LogP contribution in [0.5, 0.6) is 0 Å². The zero-order valence-electron chi connectivity index (χ0n) is 19.0. The summed E-state index contributed by atoms with van der Waals surface area (Å²) in [7, 11) is 0. The Labute approximate surface area is 200 Å². The molecular formula is C29H27N5. The largest absolute Gasteiger partial charge is 0.348 e. The zero-order valence-corrected chi connectivity index (χ0v) is 19.0. The van der Waals surface area contributed by atoms with Crippen molar-refractivity contribution < 1.29 is 0 Å². The third-order valence-corrected chi connectivity index (χ3v) is 6.17. The van der Waals surface area contributed by atoms with Gasteiger partial charge in [-0.15, -0.1) is 0 Å². The van der Waals surface area contributed by atoms with Gasteiger partial charge in [-0.1, -0.05) is 36.4 Å². The van der Waals surface area contributed by atoms with Gasteiger partial charge < -0.3 is 4.98 Å². The van der Waals surface area contributed by atoms with Gasteiger partial charge in [0.1, 0.15) is 0 Å². The average Bonchev–Trinajstić information content (AvgIpc) is 3.40. The Morgan fingerprint density at radius 3 is 2.26 bits per heavy atom. The molecule has 1 N–H and O–H groups in total. The van der Waals surface area contributed by atoms with Crippen LogP contribution >= 0.6 is 0 Å². The number of pyridine rings is 3. The van der Waals surface area contributed by atoms with Gasteiger partial charge in [-0.3, -0.25) is 15.0 Å². The van der Waals surface area contributed by atoms with E-state index >= 15 is 0 Å².